The number of alkyl carbamates (subject to hydrolysis) is 1. The van der Waals surface area contributed by atoms with Crippen LogP contribution in [0, 0.1) is 5.92 Å². The van der Waals surface area contributed by atoms with E-state index in [0.29, 0.717) is 6.54 Å². The Morgan fingerprint density at radius 3 is 2.33 bits per heavy atom. The highest BCUT2D eigenvalue weighted by molar-refractivity contribution is 5.86. The first kappa shape index (κ1) is 14.8. The average molecular weight is 256 g/mol. The van der Waals surface area contributed by atoms with Crippen LogP contribution in [0.1, 0.15) is 47.0 Å². The molecular weight excluding hydrogens is 232 g/mol. The number of carbonyl (C=O) groups excluding carboxylic acids is 2. The van der Waals surface area contributed by atoms with E-state index in [4.69, 9.17) is 4.74 Å². The van der Waals surface area contributed by atoms with Crippen LogP contribution < -0.4 is 10.6 Å². The standard InChI is InChI=1S/C13H24N2O3/c1-5-14-11(16)10(9-7-6-8-9)15-12(17)18-13(2,3)4/h9-10H,5-8H2,1-4H3,(H,14,16)(H,15,17)/t10-/m1/s1. The van der Waals surface area contributed by atoms with Crippen LogP contribution in [0.25, 0.3) is 0 Å². The van der Waals surface area contributed by atoms with Gasteiger partial charge in [0.1, 0.15) is 11.6 Å². The van der Waals surface area contributed by atoms with Gasteiger partial charge >= 0.3 is 6.09 Å². The minimum atomic E-state index is -0.546. The van der Waals surface area contributed by atoms with E-state index in [0.717, 1.165) is 19.3 Å². The Bertz CT molecular complexity index is 306. The van der Waals surface area contributed by atoms with Crippen molar-refractivity contribution in [2.24, 2.45) is 5.92 Å². The maximum absolute atomic E-state index is 11.9. The minimum absolute atomic E-state index is 0.118. The first-order valence-corrected chi connectivity index (χ1v) is 6.60. The number of likely N-dealkylation sites (N-methyl/N-ethyl adjacent to an activating group) is 1. The van der Waals surface area contributed by atoms with Crippen molar-refractivity contribution in [2.75, 3.05) is 6.54 Å². The van der Waals surface area contributed by atoms with Gasteiger partial charge in [-0.3, -0.25) is 4.79 Å². The third-order valence-corrected chi connectivity index (χ3v) is 2.93. The third kappa shape index (κ3) is 4.55. The molecule has 1 saturated carbocycles. The smallest absolute Gasteiger partial charge is 0.408 e. The molecule has 0 heterocycles. The van der Waals surface area contributed by atoms with Gasteiger partial charge in [-0.1, -0.05) is 6.42 Å². The van der Waals surface area contributed by atoms with Gasteiger partial charge in [-0.25, -0.2) is 4.79 Å². The Morgan fingerprint density at radius 2 is 1.94 bits per heavy atom. The molecule has 0 spiro atoms. The molecule has 0 bridgehead atoms. The summed E-state index contributed by atoms with van der Waals surface area (Å²) in [5, 5.41) is 5.44. The quantitative estimate of drug-likeness (QED) is 0.806. The molecule has 2 amide bonds. The maximum Gasteiger partial charge on any atom is 0.408 e. The molecule has 0 unspecified atom stereocenters. The number of ether oxygens (including phenoxy) is 1. The van der Waals surface area contributed by atoms with Gasteiger partial charge in [-0.15, -0.1) is 0 Å². The minimum Gasteiger partial charge on any atom is -0.444 e. The normalized spacial score (nSPS) is 17.6. The number of nitrogens with one attached hydrogen (secondary N) is 2. The SMILES string of the molecule is CCNC(=O)[C@H](NC(=O)OC(C)(C)C)C1CCC1. The van der Waals surface area contributed by atoms with Crippen molar-refractivity contribution in [3.05, 3.63) is 0 Å². The average Bonchev–Trinajstić information content (AvgIpc) is 2.11. The van der Waals surface area contributed by atoms with Crippen molar-refractivity contribution in [2.45, 2.75) is 58.6 Å². The van der Waals surface area contributed by atoms with Crippen molar-refractivity contribution in [1.29, 1.82) is 0 Å². The molecule has 0 aromatic carbocycles. The van der Waals surface area contributed by atoms with Gasteiger partial charge in [0, 0.05) is 6.54 Å². The second-order valence-electron chi connectivity index (χ2n) is 5.71. The van der Waals surface area contributed by atoms with Crippen LogP contribution in [0.3, 0.4) is 0 Å². The van der Waals surface area contributed by atoms with Gasteiger partial charge in [0.25, 0.3) is 0 Å². The Kier molecular flexibility index (Phi) is 4.99. The van der Waals surface area contributed by atoms with E-state index in [9.17, 15) is 9.59 Å². The molecule has 1 fully saturated rings. The highest BCUT2D eigenvalue weighted by atomic mass is 16.6. The summed E-state index contributed by atoms with van der Waals surface area (Å²) in [5.41, 5.74) is -0.546. The first-order valence-electron chi connectivity index (χ1n) is 6.60. The summed E-state index contributed by atoms with van der Waals surface area (Å²) >= 11 is 0. The van der Waals surface area contributed by atoms with Crippen molar-refractivity contribution in [3.8, 4) is 0 Å². The molecule has 104 valence electrons. The fraction of sp³-hybridized carbons (Fsp3) is 0.846. The van der Waals surface area contributed by atoms with E-state index >= 15 is 0 Å². The molecular formula is C13H24N2O3. The Balaban J connectivity index is 2.55. The number of hydrogen-bond acceptors (Lipinski definition) is 3. The zero-order valence-corrected chi connectivity index (χ0v) is 11.7. The molecule has 5 nitrogen and oxygen atoms in total. The van der Waals surface area contributed by atoms with Crippen LogP contribution in [0.5, 0.6) is 0 Å². The first-order chi connectivity index (χ1) is 8.33. The topological polar surface area (TPSA) is 67.4 Å². The molecule has 0 radical (unpaired) electrons. The summed E-state index contributed by atoms with van der Waals surface area (Å²) < 4.78 is 5.19. The number of carbonyl (C=O) groups is 2. The predicted octanol–water partition coefficient (Wildman–Crippen LogP) is 1.82. The monoisotopic (exact) mass is 256 g/mol. The summed E-state index contributed by atoms with van der Waals surface area (Å²) in [7, 11) is 0. The molecule has 1 atom stereocenters. The zero-order chi connectivity index (χ0) is 13.8. The highest BCUT2D eigenvalue weighted by Crippen LogP contribution is 2.29. The Morgan fingerprint density at radius 1 is 1.33 bits per heavy atom. The second-order valence-corrected chi connectivity index (χ2v) is 5.71. The zero-order valence-electron chi connectivity index (χ0n) is 11.7. The molecule has 2 N–H and O–H groups in total. The van der Waals surface area contributed by atoms with Crippen molar-refractivity contribution < 1.29 is 14.3 Å². The molecule has 18 heavy (non-hydrogen) atoms. The van der Waals surface area contributed by atoms with E-state index in [1.807, 2.05) is 6.92 Å². The summed E-state index contributed by atoms with van der Waals surface area (Å²) in [4.78, 5) is 23.6. The fourth-order valence-corrected chi connectivity index (χ4v) is 1.89. The van der Waals surface area contributed by atoms with Gasteiger partial charge < -0.3 is 15.4 Å². The Hall–Kier alpha value is -1.26. The fourth-order valence-electron chi connectivity index (χ4n) is 1.89. The molecule has 0 aromatic rings. The van der Waals surface area contributed by atoms with Gasteiger partial charge in [-0.2, -0.15) is 0 Å². The number of hydrogen-bond donors (Lipinski definition) is 2. The lowest BCUT2D eigenvalue weighted by atomic mass is 9.79. The van der Waals surface area contributed by atoms with Crippen LogP contribution in [0.15, 0.2) is 0 Å². The lowest BCUT2D eigenvalue weighted by molar-refractivity contribution is -0.125. The molecule has 0 aromatic heterocycles. The Labute approximate surface area is 109 Å². The van der Waals surface area contributed by atoms with Crippen molar-refractivity contribution in [1.82, 2.24) is 10.6 Å². The summed E-state index contributed by atoms with van der Waals surface area (Å²) in [5.74, 6) is 0.122. The van der Waals surface area contributed by atoms with Crippen LogP contribution in [-0.2, 0) is 9.53 Å². The number of rotatable bonds is 4. The van der Waals surface area contributed by atoms with Gasteiger partial charge in [0.15, 0.2) is 0 Å². The van der Waals surface area contributed by atoms with E-state index in [-0.39, 0.29) is 11.8 Å². The van der Waals surface area contributed by atoms with Crippen molar-refractivity contribution in [3.63, 3.8) is 0 Å². The predicted molar refractivity (Wildman–Crippen MR) is 69.2 cm³/mol. The van der Waals surface area contributed by atoms with E-state index in [1.165, 1.54) is 0 Å². The molecule has 1 aliphatic rings. The molecule has 5 heteroatoms. The lowest BCUT2D eigenvalue weighted by Crippen LogP contribution is -2.53. The second kappa shape index (κ2) is 6.07. The van der Waals surface area contributed by atoms with Gasteiger partial charge in [0.05, 0.1) is 0 Å². The van der Waals surface area contributed by atoms with Crippen LogP contribution in [-0.4, -0.2) is 30.2 Å². The highest BCUT2D eigenvalue weighted by Gasteiger charge is 2.34. The van der Waals surface area contributed by atoms with E-state index in [1.54, 1.807) is 20.8 Å². The van der Waals surface area contributed by atoms with E-state index in [2.05, 4.69) is 10.6 Å². The molecule has 1 rings (SSSR count). The molecule has 0 saturated heterocycles. The van der Waals surface area contributed by atoms with Crippen LogP contribution in [0.4, 0.5) is 4.79 Å². The van der Waals surface area contributed by atoms with Gasteiger partial charge in [-0.05, 0) is 46.5 Å². The maximum atomic E-state index is 11.9. The molecule has 1 aliphatic carbocycles. The largest absolute Gasteiger partial charge is 0.444 e. The summed E-state index contributed by atoms with van der Waals surface area (Å²) in [6.07, 6.45) is 2.57. The van der Waals surface area contributed by atoms with Crippen LogP contribution in [0.2, 0.25) is 0 Å². The number of amides is 2. The molecule has 0 aliphatic heterocycles. The van der Waals surface area contributed by atoms with Crippen LogP contribution >= 0.6 is 0 Å². The summed E-state index contributed by atoms with van der Waals surface area (Å²) in [6.45, 7) is 7.84. The summed E-state index contributed by atoms with van der Waals surface area (Å²) in [6, 6.07) is -0.464. The third-order valence-electron chi connectivity index (χ3n) is 2.93. The van der Waals surface area contributed by atoms with Crippen molar-refractivity contribution >= 4 is 12.0 Å². The lowest BCUT2D eigenvalue weighted by Gasteiger charge is -2.33. The van der Waals surface area contributed by atoms with Gasteiger partial charge in [0.2, 0.25) is 5.91 Å². The van der Waals surface area contributed by atoms with E-state index < -0.39 is 17.7 Å².